The maximum atomic E-state index is 10.8. The van der Waals surface area contributed by atoms with Gasteiger partial charge in [-0.1, -0.05) is 140 Å². The summed E-state index contributed by atoms with van der Waals surface area (Å²) < 4.78 is 7.13. The molecule has 0 aliphatic rings. The van der Waals surface area contributed by atoms with Crippen molar-refractivity contribution < 1.29 is 0 Å². The van der Waals surface area contributed by atoms with Crippen LogP contribution in [0.15, 0.2) is 249 Å². The molecule has 0 saturated carbocycles. The standard InChI is InChI=1S/C74H41N9/c75-42-49-13-1-3-15-57(49)65-41-66(80-74(79-65)58-16-4-2-14-50(58)43-76)73-52(44-77)37-51(38-53(73)45-78)48-27-25-46(26-28-48)47-29-31-54(32-30-47)81-71-35-33-55(82-67-21-9-5-17-59(67)60-18-6-10-22-68(60)82)39-63(71)64-40-56(34-36-72(64)81)83-69-23-11-7-19-61(69)62-20-8-12-24-70(62)83/h1-41H. The third-order valence-electron chi connectivity index (χ3n) is 16.1. The van der Waals surface area contributed by atoms with Crippen molar-refractivity contribution in [2.24, 2.45) is 0 Å². The Labute approximate surface area is 476 Å². The number of benzene rings is 11. The molecule has 15 aromatic rings. The normalized spacial score (nSPS) is 11.3. The number of hydrogen-bond donors (Lipinski definition) is 0. The van der Waals surface area contributed by atoms with Gasteiger partial charge in [-0.25, -0.2) is 9.97 Å². The van der Waals surface area contributed by atoms with Gasteiger partial charge in [0.2, 0.25) is 0 Å². The Morgan fingerprint density at radius 2 is 0.614 bits per heavy atom. The fraction of sp³-hybridized carbons (Fsp3) is 0. The van der Waals surface area contributed by atoms with Gasteiger partial charge in [0.25, 0.3) is 0 Å². The molecule has 382 valence electrons. The zero-order chi connectivity index (χ0) is 55.7. The smallest absolute Gasteiger partial charge is 0.161 e. The molecule has 0 spiro atoms. The van der Waals surface area contributed by atoms with Crippen LogP contribution in [-0.2, 0) is 0 Å². The van der Waals surface area contributed by atoms with Gasteiger partial charge in [-0.05, 0) is 131 Å². The van der Waals surface area contributed by atoms with Crippen LogP contribution in [0.5, 0.6) is 0 Å². The second kappa shape index (κ2) is 19.3. The summed E-state index contributed by atoms with van der Waals surface area (Å²) in [5, 5.41) is 48.8. The summed E-state index contributed by atoms with van der Waals surface area (Å²) in [6, 6.07) is 93.6. The quantitative estimate of drug-likeness (QED) is 0.149. The number of nitrogens with zero attached hydrogens (tertiary/aromatic N) is 9. The molecule has 4 heterocycles. The molecule has 0 aliphatic carbocycles. The van der Waals surface area contributed by atoms with Gasteiger partial charge in [0.1, 0.15) is 0 Å². The molecule has 9 nitrogen and oxygen atoms in total. The maximum Gasteiger partial charge on any atom is 0.161 e. The average molecular weight is 1060 g/mol. The predicted octanol–water partition coefficient (Wildman–Crippen LogP) is 17.6. The summed E-state index contributed by atoms with van der Waals surface area (Å²) in [5.74, 6) is 0.230. The monoisotopic (exact) mass is 1060 g/mol. The highest BCUT2D eigenvalue weighted by Crippen LogP contribution is 2.41. The summed E-state index contributed by atoms with van der Waals surface area (Å²) in [6.07, 6.45) is 0. The minimum Gasteiger partial charge on any atom is -0.309 e. The van der Waals surface area contributed by atoms with Crippen LogP contribution in [-0.4, -0.2) is 23.7 Å². The van der Waals surface area contributed by atoms with Crippen molar-refractivity contribution in [1.82, 2.24) is 23.7 Å². The molecule has 0 bridgehead atoms. The lowest BCUT2D eigenvalue weighted by Crippen LogP contribution is -2.01. The van der Waals surface area contributed by atoms with E-state index in [9.17, 15) is 21.0 Å². The summed E-state index contributed by atoms with van der Waals surface area (Å²) in [7, 11) is 0. The molecule has 0 aliphatic heterocycles. The minimum atomic E-state index is 0.230. The molecule has 0 radical (unpaired) electrons. The van der Waals surface area contributed by atoms with Gasteiger partial charge in [-0.15, -0.1) is 0 Å². The van der Waals surface area contributed by atoms with Crippen LogP contribution >= 0.6 is 0 Å². The molecule has 0 atom stereocenters. The lowest BCUT2D eigenvalue weighted by molar-refractivity contribution is 1.16. The third kappa shape index (κ3) is 7.74. The van der Waals surface area contributed by atoms with Crippen LogP contribution < -0.4 is 0 Å². The van der Waals surface area contributed by atoms with Gasteiger partial charge < -0.3 is 13.7 Å². The first-order chi connectivity index (χ1) is 41.0. The molecule has 0 unspecified atom stereocenters. The third-order valence-corrected chi connectivity index (χ3v) is 16.1. The van der Waals surface area contributed by atoms with Gasteiger partial charge in [0.15, 0.2) is 5.82 Å². The molecule has 4 aromatic heterocycles. The van der Waals surface area contributed by atoms with E-state index in [0.717, 1.165) is 77.6 Å². The van der Waals surface area contributed by atoms with Crippen molar-refractivity contribution in [2.75, 3.05) is 0 Å². The Balaban J connectivity index is 0.811. The van der Waals surface area contributed by atoms with Crippen molar-refractivity contribution in [3.8, 4) is 97.5 Å². The Kier molecular flexibility index (Phi) is 11.2. The zero-order valence-corrected chi connectivity index (χ0v) is 44.2. The molecule has 0 N–H and O–H groups in total. The number of para-hydroxylation sites is 4. The second-order valence-corrected chi connectivity index (χ2v) is 20.5. The molecule has 0 amide bonds. The van der Waals surface area contributed by atoms with Gasteiger partial charge in [0, 0.05) is 66.1 Å². The van der Waals surface area contributed by atoms with E-state index in [2.05, 4.69) is 208 Å². The first-order valence-corrected chi connectivity index (χ1v) is 27.1. The van der Waals surface area contributed by atoms with Crippen molar-refractivity contribution >= 4 is 65.4 Å². The van der Waals surface area contributed by atoms with Gasteiger partial charge in [0.05, 0.1) is 91.0 Å². The predicted molar refractivity (Wildman–Crippen MR) is 331 cm³/mol. The van der Waals surface area contributed by atoms with Crippen LogP contribution in [0, 0.1) is 45.3 Å². The fourth-order valence-corrected chi connectivity index (χ4v) is 12.3. The number of fused-ring (bicyclic) bond motifs is 9. The van der Waals surface area contributed by atoms with E-state index in [4.69, 9.17) is 9.97 Å². The van der Waals surface area contributed by atoms with E-state index >= 15 is 0 Å². The lowest BCUT2D eigenvalue weighted by atomic mass is 9.92. The van der Waals surface area contributed by atoms with E-state index in [-0.39, 0.29) is 17.0 Å². The van der Waals surface area contributed by atoms with Crippen LogP contribution in [0.4, 0.5) is 0 Å². The Morgan fingerprint density at radius 1 is 0.265 bits per heavy atom. The van der Waals surface area contributed by atoms with E-state index in [1.807, 2.05) is 18.2 Å². The molecule has 11 aromatic carbocycles. The summed E-state index contributed by atoms with van der Waals surface area (Å²) in [5.41, 5.74) is 16.9. The van der Waals surface area contributed by atoms with Gasteiger partial charge in [-0.3, -0.25) is 0 Å². The van der Waals surface area contributed by atoms with E-state index in [0.29, 0.717) is 44.8 Å². The SMILES string of the molecule is N#Cc1ccccc1-c1cc(-c2c(C#N)cc(-c3ccc(-c4ccc(-n5c6ccc(-n7c8ccccc8c8ccccc87)cc6c6cc(-n7c8ccccc8c8ccccc87)ccc65)cc4)cc3)cc2C#N)nc(-c2ccccc2C#N)n1. The van der Waals surface area contributed by atoms with Crippen molar-refractivity contribution in [2.45, 2.75) is 0 Å². The Hall–Kier alpha value is -12.1. The zero-order valence-electron chi connectivity index (χ0n) is 44.2. The summed E-state index contributed by atoms with van der Waals surface area (Å²) in [4.78, 5) is 9.73. The number of nitriles is 4. The Bertz CT molecular complexity index is 4990. The van der Waals surface area contributed by atoms with Crippen molar-refractivity contribution in [1.29, 1.82) is 21.0 Å². The molecule has 0 fully saturated rings. The van der Waals surface area contributed by atoms with Crippen LogP contribution in [0.3, 0.4) is 0 Å². The first kappa shape index (κ1) is 48.0. The average Bonchev–Trinajstić information content (AvgIpc) is 4.42. The molecule has 9 heteroatoms. The minimum absolute atomic E-state index is 0.230. The number of rotatable bonds is 8. The maximum absolute atomic E-state index is 10.8. The number of hydrogen-bond acceptors (Lipinski definition) is 6. The molecular weight excluding hydrogens is 1010 g/mol. The van der Waals surface area contributed by atoms with Gasteiger partial charge in [-0.2, -0.15) is 21.0 Å². The van der Waals surface area contributed by atoms with E-state index < -0.39 is 0 Å². The lowest BCUT2D eigenvalue weighted by Gasteiger charge is -2.14. The van der Waals surface area contributed by atoms with E-state index in [1.54, 1.807) is 60.7 Å². The van der Waals surface area contributed by atoms with E-state index in [1.165, 1.54) is 21.5 Å². The highest BCUT2D eigenvalue weighted by atomic mass is 15.0. The summed E-state index contributed by atoms with van der Waals surface area (Å²) >= 11 is 0. The highest BCUT2D eigenvalue weighted by molar-refractivity contribution is 6.14. The van der Waals surface area contributed by atoms with Gasteiger partial charge >= 0.3 is 0 Å². The largest absolute Gasteiger partial charge is 0.309 e. The number of aromatic nitrogens is 5. The van der Waals surface area contributed by atoms with Crippen LogP contribution in [0.25, 0.3) is 139 Å². The van der Waals surface area contributed by atoms with Crippen LogP contribution in [0.2, 0.25) is 0 Å². The fourth-order valence-electron chi connectivity index (χ4n) is 12.3. The van der Waals surface area contributed by atoms with Crippen molar-refractivity contribution in [3.63, 3.8) is 0 Å². The summed E-state index contributed by atoms with van der Waals surface area (Å²) in [6.45, 7) is 0. The first-order valence-electron chi connectivity index (χ1n) is 27.1. The topological polar surface area (TPSA) is 136 Å². The molecule has 83 heavy (non-hydrogen) atoms. The van der Waals surface area contributed by atoms with Crippen molar-refractivity contribution in [3.05, 3.63) is 271 Å². The highest BCUT2D eigenvalue weighted by Gasteiger charge is 2.23. The molecule has 15 rings (SSSR count). The Morgan fingerprint density at radius 3 is 1.08 bits per heavy atom. The second-order valence-electron chi connectivity index (χ2n) is 20.5. The van der Waals surface area contributed by atoms with Crippen LogP contribution in [0.1, 0.15) is 22.3 Å². The molecule has 0 saturated heterocycles. The molecular formula is C74H41N9.